The number of pyridine rings is 1. The van der Waals surface area contributed by atoms with Gasteiger partial charge in [0.25, 0.3) is 0 Å². The molecule has 0 aliphatic carbocycles. The molecule has 0 atom stereocenters. The molecule has 0 radical (unpaired) electrons. The summed E-state index contributed by atoms with van der Waals surface area (Å²) in [6.07, 6.45) is 3.75. The van der Waals surface area contributed by atoms with Crippen molar-refractivity contribution in [3.63, 3.8) is 0 Å². The molecule has 4 heteroatoms. The molecule has 21 heavy (non-hydrogen) atoms. The number of rotatable bonds is 1. The fraction of sp³-hybridized carbons (Fsp3) is 0.118. The number of benzene rings is 1. The van der Waals surface area contributed by atoms with Crippen molar-refractivity contribution >= 4 is 16.6 Å². The second kappa shape index (κ2) is 4.38. The minimum Gasteiger partial charge on any atom is -0.256 e. The van der Waals surface area contributed by atoms with Gasteiger partial charge in [-0.1, -0.05) is 18.2 Å². The molecular formula is C17H14N4. The third-order valence-corrected chi connectivity index (χ3v) is 3.68. The molecule has 1 aromatic carbocycles. The second-order valence-corrected chi connectivity index (χ2v) is 5.25. The van der Waals surface area contributed by atoms with Crippen LogP contribution in [0.15, 0.2) is 48.8 Å². The first-order chi connectivity index (χ1) is 10.2. The highest BCUT2D eigenvalue weighted by Gasteiger charge is 2.11. The van der Waals surface area contributed by atoms with Crippen molar-refractivity contribution in [2.75, 3.05) is 0 Å². The van der Waals surface area contributed by atoms with E-state index in [4.69, 9.17) is 0 Å². The van der Waals surface area contributed by atoms with Crippen LogP contribution in [0.5, 0.6) is 0 Å². The highest BCUT2D eigenvalue weighted by atomic mass is 15.3. The van der Waals surface area contributed by atoms with Crippen LogP contribution >= 0.6 is 0 Å². The topological polar surface area (TPSA) is 43.1 Å². The van der Waals surface area contributed by atoms with Gasteiger partial charge in [0.15, 0.2) is 5.65 Å². The van der Waals surface area contributed by atoms with E-state index in [1.807, 2.05) is 55.0 Å². The molecule has 0 saturated carbocycles. The van der Waals surface area contributed by atoms with Gasteiger partial charge in [-0.05, 0) is 32.0 Å². The van der Waals surface area contributed by atoms with E-state index >= 15 is 0 Å². The van der Waals surface area contributed by atoms with Crippen molar-refractivity contribution in [2.24, 2.45) is 0 Å². The molecule has 4 nitrogen and oxygen atoms in total. The van der Waals surface area contributed by atoms with Crippen LogP contribution in [0.25, 0.3) is 27.7 Å². The first-order valence-corrected chi connectivity index (χ1v) is 6.89. The monoisotopic (exact) mass is 274 g/mol. The molecule has 0 spiro atoms. The molecule has 0 aliphatic heterocycles. The van der Waals surface area contributed by atoms with Crippen LogP contribution in [-0.4, -0.2) is 19.6 Å². The molecule has 4 rings (SSSR count). The maximum Gasteiger partial charge on any atom is 0.163 e. The van der Waals surface area contributed by atoms with Gasteiger partial charge in [-0.15, -0.1) is 0 Å². The van der Waals surface area contributed by atoms with E-state index in [0.29, 0.717) is 0 Å². The van der Waals surface area contributed by atoms with Crippen LogP contribution < -0.4 is 0 Å². The predicted molar refractivity (Wildman–Crippen MR) is 83.2 cm³/mol. The van der Waals surface area contributed by atoms with Crippen LogP contribution in [0.1, 0.15) is 11.4 Å². The van der Waals surface area contributed by atoms with E-state index in [1.165, 1.54) is 0 Å². The number of aryl methyl sites for hydroxylation is 2. The maximum absolute atomic E-state index is 4.63. The van der Waals surface area contributed by atoms with Crippen LogP contribution in [0.3, 0.4) is 0 Å². The van der Waals surface area contributed by atoms with E-state index < -0.39 is 0 Å². The van der Waals surface area contributed by atoms with E-state index in [9.17, 15) is 0 Å². The fourth-order valence-corrected chi connectivity index (χ4v) is 2.69. The Hall–Kier alpha value is -2.75. The van der Waals surface area contributed by atoms with E-state index in [1.54, 1.807) is 0 Å². The van der Waals surface area contributed by atoms with Gasteiger partial charge in [0.05, 0.1) is 11.7 Å². The summed E-state index contributed by atoms with van der Waals surface area (Å²) < 4.78 is 1.87. The fourth-order valence-electron chi connectivity index (χ4n) is 2.69. The molecule has 3 heterocycles. The molecular weight excluding hydrogens is 260 g/mol. The Morgan fingerprint density at radius 2 is 1.86 bits per heavy atom. The SMILES string of the molecule is Cc1cc(C)n2ncc(-c3cnc4ccccc4c3)c2n1. The third kappa shape index (κ3) is 1.88. The number of nitrogens with zero attached hydrogens (tertiary/aromatic N) is 4. The Bertz CT molecular complexity index is 969. The van der Waals surface area contributed by atoms with Gasteiger partial charge < -0.3 is 0 Å². The van der Waals surface area contributed by atoms with Crippen molar-refractivity contribution in [3.05, 3.63) is 60.2 Å². The summed E-state index contributed by atoms with van der Waals surface area (Å²) in [5, 5.41) is 5.57. The van der Waals surface area contributed by atoms with Crippen LogP contribution in [0.4, 0.5) is 0 Å². The molecule has 0 fully saturated rings. The maximum atomic E-state index is 4.63. The lowest BCUT2D eigenvalue weighted by Crippen LogP contribution is -1.97. The average Bonchev–Trinajstić information content (AvgIpc) is 2.91. The normalized spacial score (nSPS) is 11.3. The van der Waals surface area contributed by atoms with E-state index in [-0.39, 0.29) is 0 Å². The number of para-hydroxylation sites is 1. The highest BCUT2D eigenvalue weighted by Crippen LogP contribution is 2.26. The zero-order chi connectivity index (χ0) is 14.4. The molecule has 3 aromatic heterocycles. The number of fused-ring (bicyclic) bond motifs is 2. The number of aromatic nitrogens is 4. The molecule has 4 aromatic rings. The largest absolute Gasteiger partial charge is 0.256 e. The Labute approximate surface area is 122 Å². The smallest absolute Gasteiger partial charge is 0.163 e. The van der Waals surface area contributed by atoms with Gasteiger partial charge in [0.2, 0.25) is 0 Å². The zero-order valence-corrected chi connectivity index (χ0v) is 11.9. The summed E-state index contributed by atoms with van der Waals surface area (Å²) in [6, 6.07) is 12.3. The Balaban J connectivity index is 2.00. The third-order valence-electron chi connectivity index (χ3n) is 3.68. The van der Waals surface area contributed by atoms with Gasteiger partial charge in [-0.2, -0.15) is 5.10 Å². The molecule has 0 amide bonds. The van der Waals surface area contributed by atoms with Crippen LogP contribution in [0, 0.1) is 13.8 Å². The Kier molecular flexibility index (Phi) is 2.51. The second-order valence-electron chi connectivity index (χ2n) is 5.25. The molecule has 0 unspecified atom stereocenters. The van der Waals surface area contributed by atoms with Crippen molar-refractivity contribution in [1.82, 2.24) is 19.6 Å². The first-order valence-electron chi connectivity index (χ1n) is 6.89. The quantitative estimate of drug-likeness (QED) is 0.533. The summed E-state index contributed by atoms with van der Waals surface area (Å²) in [4.78, 5) is 9.15. The predicted octanol–water partition coefficient (Wildman–Crippen LogP) is 3.56. The summed E-state index contributed by atoms with van der Waals surface area (Å²) in [6.45, 7) is 4.04. The average molecular weight is 274 g/mol. The van der Waals surface area contributed by atoms with Gasteiger partial charge in [-0.25, -0.2) is 9.50 Å². The van der Waals surface area contributed by atoms with Crippen molar-refractivity contribution < 1.29 is 0 Å². The number of hydrogen-bond acceptors (Lipinski definition) is 3. The van der Waals surface area contributed by atoms with Crippen LogP contribution in [-0.2, 0) is 0 Å². The van der Waals surface area contributed by atoms with Gasteiger partial charge in [0, 0.05) is 34.1 Å². The number of hydrogen-bond donors (Lipinski definition) is 0. The van der Waals surface area contributed by atoms with Gasteiger partial charge >= 0.3 is 0 Å². The lowest BCUT2D eigenvalue weighted by atomic mass is 10.1. The summed E-state index contributed by atoms with van der Waals surface area (Å²) in [5.41, 5.74) is 6.01. The zero-order valence-electron chi connectivity index (χ0n) is 11.9. The highest BCUT2D eigenvalue weighted by molar-refractivity contribution is 5.86. The molecule has 0 saturated heterocycles. The lowest BCUT2D eigenvalue weighted by Gasteiger charge is -2.04. The van der Waals surface area contributed by atoms with Crippen molar-refractivity contribution in [2.45, 2.75) is 13.8 Å². The Morgan fingerprint density at radius 3 is 2.76 bits per heavy atom. The van der Waals surface area contributed by atoms with E-state index in [0.717, 1.165) is 39.1 Å². The van der Waals surface area contributed by atoms with Gasteiger partial charge in [0.1, 0.15) is 0 Å². The minimum atomic E-state index is 0.879. The van der Waals surface area contributed by atoms with Crippen molar-refractivity contribution in [3.8, 4) is 11.1 Å². The standard InChI is InChI=1S/C17H14N4/c1-11-7-12(2)21-17(20-11)15(10-19-21)14-8-13-5-3-4-6-16(13)18-9-14/h3-10H,1-2H3. The van der Waals surface area contributed by atoms with E-state index in [2.05, 4.69) is 27.2 Å². The van der Waals surface area contributed by atoms with Crippen LogP contribution in [0.2, 0.25) is 0 Å². The summed E-state index contributed by atoms with van der Waals surface area (Å²) >= 11 is 0. The summed E-state index contributed by atoms with van der Waals surface area (Å²) in [5.74, 6) is 0. The summed E-state index contributed by atoms with van der Waals surface area (Å²) in [7, 11) is 0. The van der Waals surface area contributed by atoms with Gasteiger partial charge in [-0.3, -0.25) is 4.98 Å². The van der Waals surface area contributed by atoms with Crippen molar-refractivity contribution in [1.29, 1.82) is 0 Å². The molecule has 0 bridgehead atoms. The lowest BCUT2D eigenvalue weighted by molar-refractivity contribution is 0.886. The molecule has 0 N–H and O–H groups in total. The molecule has 102 valence electrons. The first kappa shape index (κ1) is 12.0. The molecule has 0 aliphatic rings. The minimum absolute atomic E-state index is 0.879. The Morgan fingerprint density at radius 1 is 1.00 bits per heavy atom.